The lowest BCUT2D eigenvalue weighted by Crippen LogP contribution is -2.30. The van der Waals surface area contributed by atoms with Crippen molar-refractivity contribution in [3.05, 3.63) is 0 Å². The quantitative estimate of drug-likeness (QED) is 0.0346. The monoisotopic (exact) mass is 821 g/mol. The van der Waals surface area contributed by atoms with Gasteiger partial charge in [-0.3, -0.25) is 14.4 Å². The van der Waals surface area contributed by atoms with E-state index in [0.717, 1.165) is 69.6 Å². The summed E-state index contributed by atoms with van der Waals surface area (Å²) in [5, 5.41) is 0. The van der Waals surface area contributed by atoms with Crippen LogP contribution in [0.2, 0.25) is 0 Å². The predicted molar refractivity (Wildman–Crippen MR) is 247 cm³/mol. The number of hydrogen-bond donors (Lipinski definition) is 0. The van der Waals surface area contributed by atoms with Crippen molar-refractivity contribution >= 4 is 17.9 Å². The Bertz CT molecular complexity index is 889. The Morgan fingerprint density at radius 1 is 0.345 bits per heavy atom. The van der Waals surface area contributed by atoms with Crippen molar-refractivity contribution in [2.75, 3.05) is 13.2 Å². The van der Waals surface area contributed by atoms with Crippen molar-refractivity contribution in [1.29, 1.82) is 0 Å². The zero-order valence-electron chi connectivity index (χ0n) is 39.7. The second kappa shape index (κ2) is 44.9. The lowest BCUT2D eigenvalue weighted by Gasteiger charge is -2.18. The summed E-state index contributed by atoms with van der Waals surface area (Å²) < 4.78 is 16.8. The van der Waals surface area contributed by atoms with Crippen LogP contribution in [0.1, 0.15) is 285 Å². The van der Waals surface area contributed by atoms with Crippen LogP contribution >= 0.6 is 0 Å². The van der Waals surface area contributed by atoms with Gasteiger partial charge in [-0.05, 0) is 31.1 Å². The van der Waals surface area contributed by atoms with Gasteiger partial charge in [0, 0.05) is 19.3 Å². The molecule has 3 atom stereocenters. The molecule has 0 fully saturated rings. The van der Waals surface area contributed by atoms with Gasteiger partial charge in [-0.2, -0.15) is 0 Å². The number of carbonyl (C=O) groups excluding carboxylic acids is 3. The van der Waals surface area contributed by atoms with Crippen molar-refractivity contribution in [3.63, 3.8) is 0 Å². The van der Waals surface area contributed by atoms with Crippen LogP contribution in [0.5, 0.6) is 0 Å². The van der Waals surface area contributed by atoms with Crippen LogP contribution in [0.3, 0.4) is 0 Å². The molecule has 0 saturated heterocycles. The molecule has 0 N–H and O–H groups in total. The van der Waals surface area contributed by atoms with Crippen LogP contribution in [-0.2, 0) is 28.6 Å². The normalized spacial score (nSPS) is 13.0. The molecule has 0 heterocycles. The first-order valence-electron chi connectivity index (χ1n) is 25.8. The summed E-state index contributed by atoms with van der Waals surface area (Å²) in [5.41, 5.74) is 0. The molecule has 0 radical (unpaired) electrons. The lowest BCUT2D eigenvalue weighted by atomic mass is 9.99. The highest BCUT2D eigenvalue weighted by Crippen LogP contribution is 2.18. The van der Waals surface area contributed by atoms with E-state index in [1.165, 1.54) is 173 Å². The summed E-state index contributed by atoms with van der Waals surface area (Å²) in [4.78, 5) is 37.9. The summed E-state index contributed by atoms with van der Waals surface area (Å²) in [6.45, 7) is 11.4. The minimum absolute atomic E-state index is 0.0646. The number of unbranched alkanes of at least 4 members (excludes halogenated alkanes) is 29. The minimum Gasteiger partial charge on any atom is -0.462 e. The van der Waals surface area contributed by atoms with Gasteiger partial charge in [-0.25, -0.2) is 0 Å². The van der Waals surface area contributed by atoms with E-state index in [-0.39, 0.29) is 31.1 Å². The van der Waals surface area contributed by atoms with E-state index in [9.17, 15) is 14.4 Å². The molecule has 6 heteroatoms. The first-order chi connectivity index (χ1) is 28.3. The van der Waals surface area contributed by atoms with Gasteiger partial charge in [0.25, 0.3) is 0 Å². The molecule has 0 aromatic rings. The Morgan fingerprint density at radius 3 is 0.897 bits per heavy atom. The first kappa shape index (κ1) is 56.4. The van der Waals surface area contributed by atoms with Gasteiger partial charge < -0.3 is 14.2 Å². The third-order valence-electron chi connectivity index (χ3n) is 12.4. The van der Waals surface area contributed by atoms with Crippen LogP contribution in [0.4, 0.5) is 0 Å². The SMILES string of the molecule is CCCCCCCCCCCCCCC(=O)OC[C@@H](COC(=O)CCCCCCCCCCCCCCCCC(C)CC)OC(=O)CCCCCCCCC(C)CC. The highest BCUT2D eigenvalue weighted by atomic mass is 16.6. The van der Waals surface area contributed by atoms with E-state index in [4.69, 9.17) is 14.2 Å². The summed E-state index contributed by atoms with van der Waals surface area (Å²) >= 11 is 0. The molecule has 0 aliphatic rings. The molecule has 58 heavy (non-hydrogen) atoms. The highest BCUT2D eigenvalue weighted by molar-refractivity contribution is 5.71. The molecule has 344 valence electrons. The zero-order valence-corrected chi connectivity index (χ0v) is 39.7. The van der Waals surface area contributed by atoms with E-state index in [1.807, 2.05) is 0 Å². The Labute approximate surface area is 361 Å². The highest BCUT2D eigenvalue weighted by Gasteiger charge is 2.19. The van der Waals surface area contributed by atoms with Crippen LogP contribution < -0.4 is 0 Å². The van der Waals surface area contributed by atoms with Crippen LogP contribution in [0, 0.1) is 11.8 Å². The van der Waals surface area contributed by atoms with E-state index in [2.05, 4.69) is 34.6 Å². The van der Waals surface area contributed by atoms with Crippen molar-refractivity contribution < 1.29 is 28.6 Å². The summed E-state index contributed by atoms with van der Waals surface area (Å²) in [6.07, 6.45) is 45.1. The third kappa shape index (κ3) is 42.5. The Kier molecular flexibility index (Phi) is 43.7. The maximum absolute atomic E-state index is 12.7. The fourth-order valence-corrected chi connectivity index (χ4v) is 7.75. The van der Waals surface area contributed by atoms with Crippen LogP contribution in [0.15, 0.2) is 0 Å². The minimum atomic E-state index is -0.762. The van der Waals surface area contributed by atoms with Crippen molar-refractivity contribution in [3.8, 4) is 0 Å². The smallest absolute Gasteiger partial charge is 0.306 e. The average molecular weight is 821 g/mol. The number of hydrogen-bond acceptors (Lipinski definition) is 6. The van der Waals surface area contributed by atoms with Crippen LogP contribution in [0.25, 0.3) is 0 Å². The maximum atomic E-state index is 12.7. The topological polar surface area (TPSA) is 78.9 Å². The number of esters is 3. The Morgan fingerprint density at radius 2 is 0.603 bits per heavy atom. The molecule has 0 spiro atoms. The van der Waals surface area contributed by atoms with E-state index >= 15 is 0 Å². The van der Waals surface area contributed by atoms with E-state index in [0.29, 0.717) is 19.3 Å². The molecule has 0 aromatic heterocycles. The van der Waals surface area contributed by atoms with E-state index < -0.39 is 6.10 Å². The summed E-state index contributed by atoms with van der Waals surface area (Å²) in [5.74, 6) is 0.853. The summed E-state index contributed by atoms with van der Waals surface area (Å²) in [7, 11) is 0. The average Bonchev–Trinajstić information content (AvgIpc) is 3.22. The molecule has 0 aliphatic heterocycles. The molecule has 6 nitrogen and oxygen atoms in total. The third-order valence-corrected chi connectivity index (χ3v) is 12.4. The lowest BCUT2D eigenvalue weighted by molar-refractivity contribution is -0.167. The second-order valence-corrected chi connectivity index (χ2v) is 18.3. The largest absolute Gasteiger partial charge is 0.462 e. The molecular formula is C52H100O6. The maximum Gasteiger partial charge on any atom is 0.306 e. The summed E-state index contributed by atoms with van der Waals surface area (Å²) in [6, 6.07) is 0. The van der Waals surface area contributed by atoms with Crippen molar-refractivity contribution in [1.82, 2.24) is 0 Å². The fourth-order valence-electron chi connectivity index (χ4n) is 7.75. The number of ether oxygens (including phenoxy) is 3. The molecule has 0 amide bonds. The predicted octanol–water partition coefficient (Wildman–Crippen LogP) is 16.5. The molecule has 0 saturated carbocycles. The van der Waals surface area contributed by atoms with Gasteiger partial charge in [0.15, 0.2) is 6.10 Å². The van der Waals surface area contributed by atoms with Gasteiger partial charge in [0.2, 0.25) is 0 Å². The molecular weight excluding hydrogens is 721 g/mol. The molecule has 0 bridgehead atoms. The van der Waals surface area contributed by atoms with Gasteiger partial charge in [-0.1, -0.05) is 247 Å². The van der Waals surface area contributed by atoms with Crippen molar-refractivity contribution in [2.24, 2.45) is 11.8 Å². The standard InChI is InChI=1S/C52H100O6/c1-6-9-10-11-12-13-14-20-23-26-32-37-42-50(53)56-45-49(58-52(55)44-39-34-29-28-31-36-41-48(5)8-3)46-57-51(54)43-38-33-27-24-21-18-16-15-17-19-22-25-30-35-40-47(4)7-2/h47-49H,6-46H2,1-5H3/t47?,48?,49-/m0/s1. The Hall–Kier alpha value is -1.59. The van der Waals surface area contributed by atoms with Gasteiger partial charge in [-0.15, -0.1) is 0 Å². The number of rotatable bonds is 46. The van der Waals surface area contributed by atoms with Gasteiger partial charge >= 0.3 is 17.9 Å². The second-order valence-electron chi connectivity index (χ2n) is 18.3. The van der Waals surface area contributed by atoms with Crippen molar-refractivity contribution in [2.45, 2.75) is 291 Å². The molecule has 2 unspecified atom stereocenters. The van der Waals surface area contributed by atoms with Gasteiger partial charge in [0.05, 0.1) is 0 Å². The van der Waals surface area contributed by atoms with Gasteiger partial charge in [0.1, 0.15) is 13.2 Å². The first-order valence-corrected chi connectivity index (χ1v) is 25.8. The number of carbonyl (C=O) groups is 3. The van der Waals surface area contributed by atoms with E-state index in [1.54, 1.807) is 0 Å². The fraction of sp³-hybridized carbons (Fsp3) is 0.942. The molecule has 0 aliphatic carbocycles. The molecule has 0 rings (SSSR count). The zero-order chi connectivity index (χ0) is 42.6. The van der Waals surface area contributed by atoms with Crippen LogP contribution in [-0.4, -0.2) is 37.2 Å². The molecule has 0 aromatic carbocycles. The Balaban J connectivity index is 4.26.